The summed E-state index contributed by atoms with van der Waals surface area (Å²) in [6.07, 6.45) is 2.96. The van der Waals surface area contributed by atoms with Crippen LogP contribution in [0.5, 0.6) is 5.75 Å². The van der Waals surface area contributed by atoms with E-state index in [1.54, 1.807) is 19.2 Å². The van der Waals surface area contributed by atoms with Gasteiger partial charge < -0.3 is 4.74 Å². The van der Waals surface area contributed by atoms with Crippen molar-refractivity contribution in [2.24, 2.45) is 5.10 Å². The van der Waals surface area contributed by atoms with Crippen LogP contribution in [-0.4, -0.2) is 17.7 Å². The van der Waals surface area contributed by atoms with E-state index in [1.807, 2.05) is 12.1 Å². The predicted octanol–water partition coefficient (Wildman–Crippen LogP) is 3.76. The van der Waals surface area contributed by atoms with Gasteiger partial charge in [0.25, 0.3) is 5.69 Å². The summed E-state index contributed by atoms with van der Waals surface area (Å²) in [6.45, 7) is 0. The highest BCUT2D eigenvalue weighted by molar-refractivity contribution is 6.03. The van der Waals surface area contributed by atoms with E-state index in [1.165, 1.54) is 17.7 Å². The fraction of sp³-hybridized carbons (Fsp3) is 0.235. The van der Waals surface area contributed by atoms with Crippen LogP contribution in [0.2, 0.25) is 0 Å². The lowest BCUT2D eigenvalue weighted by molar-refractivity contribution is -0.384. The number of anilines is 1. The SMILES string of the molecule is COc1ccc2c(c1)CCCC2=NNc1ccc([N+](=O)[O-])cc1. The molecule has 118 valence electrons. The molecule has 2 aromatic rings. The number of hydrogen-bond donors (Lipinski definition) is 1. The molecule has 0 spiro atoms. The maximum Gasteiger partial charge on any atom is 0.269 e. The molecule has 1 aliphatic carbocycles. The van der Waals surface area contributed by atoms with E-state index < -0.39 is 4.92 Å². The fourth-order valence-corrected chi connectivity index (χ4v) is 2.67. The number of hydrazone groups is 1. The molecular formula is C17H17N3O3. The van der Waals surface area contributed by atoms with Crippen molar-refractivity contribution in [3.8, 4) is 5.75 Å². The molecule has 0 radical (unpaired) electrons. The van der Waals surface area contributed by atoms with Gasteiger partial charge in [0.15, 0.2) is 0 Å². The maximum absolute atomic E-state index is 10.7. The standard InChI is InChI=1S/C17H17N3O3/c1-23-15-9-10-16-12(11-15)3-2-4-17(16)19-18-13-5-7-14(8-6-13)20(21)22/h5-11,18H,2-4H2,1H3. The van der Waals surface area contributed by atoms with E-state index >= 15 is 0 Å². The summed E-state index contributed by atoms with van der Waals surface area (Å²) >= 11 is 0. The number of aryl methyl sites for hydroxylation is 1. The molecule has 6 nitrogen and oxygen atoms in total. The maximum atomic E-state index is 10.7. The first-order chi connectivity index (χ1) is 11.2. The van der Waals surface area contributed by atoms with Crippen LogP contribution in [0.15, 0.2) is 47.6 Å². The molecule has 0 saturated carbocycles. The summed E-state index contributed by atoms with van der Waals surface area (Å²) in [7, 11) is 1.66. The molecule has 0 aliphatic heterocycles. The molecule has 3 rings (SSSR count). The predicted molar refractivity (Wildman–Crippen MR) is 89.2 cm³/mol. The van der Waals surface area contributed by atoms with Crippen LogP contribution >= 0.6 is 0 Å². The number of ether oxygens (including phenoxy) is 1. The van der Waals surface area contributed by atoms with Gasteiger partial charge >= 0.3 is 0 Å². The van der Waals surface area contributed by atoms with Gasteiger partial charge in [-0.25, -0.2) is 0 Å². The molecule has 0 unspecified atom stereocenters. The zero-order chi connectivity index (χ0) is 16.2. The second-order valence-electron chi connectivity index (χ2n) is 5.35. The lowest BCUT2D eigenvalue weighted by atomic mass is 9.90. The van der Waals surface area contributed by atoms with Crippen molar-refractivity contribution in [3.63, 3.8) is 0 Å². The highest BCUT2D eigenvalue weighted by atomic mass is 16.6. The molecule has 0 fully saturated rings. The minimum Gasteiger partial charge on any atom is -0.497 e. The van der Waals surface area contributed by atoms with Gasteiger partial charge in [-0.1, -0.05) is 0 Å². The summed E-state index contributed by atoms with van der Waals surface area (Å²) in [4.78, 5) is 10.2. The van der Waals surface area contributed by atoms with Gasteiger partial charge in [-0.2, -0.15) is 5.10 Å². The molecular weight excluding hydrogens is 294 g/mol. The van der Waals surface area contributed by atoms with Gasteiger partial charge in [0.05, 0.1) is 23.4 Å². The van der Waals surface area contributed by atoms with Crippen LogP contribution in [0, 0.1) is 10.1 Å². The Labute approximate surface area is 133 Å². The fourth-order valence-electron chi connectivity index (χ4n) is 2.67. The smallest absolute Gasteiger partial charge is 0.269 e. The number of nitro groups is 1. The van der Waals surface area contributed by atoms with E-state index in [0.29, 0.717) is 0 Å². The van der Waals surface area contributed by atoms with Gasteiger partial charge in [0, 0.05) is 17.7 Å². The lowest BCUT2D eigenvalue weighted by Gasteiger charge is -2.18. The van der Waals surface area contributed by atoms with Gasteiger partial charge in [-0.3, -0.25) is 15.5 Å². The van der Waals surface area contributed by atoms with Crippen molar-refractivity contribution in [1.29, 1.82) is 0 Å². The summed E-state index contributed by atoms with van der Waals surface area (Å²) in [5.41, 5.74) is 7.14. The molecule has 0 heterocycles. The Hall–Kier alpha value is -2.89. The summed E-state index contributed by atoms with van der Waals surface area (Å²) < 4.78 is 5.26. The Bertz CT molecular complexity index is 754. The minimum absolute atomic E-state index is 0.0679. The van der Waals surface area contributed by atoms with Crippen LogP contribution in [0.4, 0.5) is 11.4 Å². The quantitative estimate of drug-likeness (QED) is 0.689. The van der Waals surface area contributed by atoms with Gasteiger partial charge in [0.2, 0.25) is 0 Å². The number of rotatable bonds is 4. The third-order valence-electron chi connectivity index (χ3n) is 3.88. The van der Waals surface area contributed by atoms with Crippen LogP contribution in [-0.2, 0) is 6.42 Å². The Morgan fingerprint density at radius 2 is 1.96 bits per heavy atom. The third-order valence-corrected chi connectivity index (χ3v) is 3.88. The zero-order valence-electron chi connectivity index (χ0n) is 12.8. The number of fused-ring (bicyclic) bond motifs is 1. The number of benzene rings is 2. The van der Waals surface area contributed by atoms with Crippen molar-refractivity contribution in [1.82, 2.24) is 0 Å². The van der Waals surface area contributed by atoms with E-state index in [9.17, 15) is 10.1 Å². The molecule has 0 bridgehead atoms. The van der Waals surface area contributed by atoms with Crippen LogP contribution in [0.3, 0.4) is 0 Å². The number of nitrogens with one attached hydrogen (secondary N) is 1. The number of nitrogens with zero attached hydrogens (tertiary/aromatic N) is 2. The molecule has 6 heteroatoms. The van der Waals surface area contributed by atoms with E-state index in [2.05, 4.69) is 16.6 Å². The van der Waals surface area contributed by atoms with Gasteiger partial charge in [0.1, 0.15) is 5.75 Å². The van der Waals surface area contributed by atoms with Crippen molar-refractivity contribution >= 4 is 17.1 Å². The van der Waals surface area contributed by atoms with Gasteiger partial charge in [-0.05, 0) is 55.2 Å². The highest BCUT2D eigenvalue weighted by Crippen LogP contribution is 2.26. The number of methoxy groups -OCH3 is 1. The minimum atomic E-state index is -0.416. The van der Waals surface area contributed by atoms with E-state index in [4.69, 9.17) is 4.74 Å². The molecule has 0 aromatic heterocycles. The monoisotopic (exact) mass is 311 g/mol. The van der Waals surface area contributed by atoms with Crippen LogP contribution < -0.4 is 10.2 Å². The second kappa shape index (κ2) is 6.48. The molecule has 0 amide bonds. The average molecular weight is 311 g/mol. The number of non-ortho nitro benzene ring substituents is 1. The molecule has 23 heavy (non-hydrogen) atoms. The van der Waals surface area contributed by atoms with Crippen LogP contribution in [0.1, 0.15) is 24.0 Å². The lowest BCUT2D eigenvalue weighted by Crippen LogP contribution is -2.13. The Kier molecular flexibility index (Phi) is 4.23. The first kappa shape index (κ1) is 15.0. The second-order valence-corrected chi connectivity index (χ2v) is 5.35. The Balaban J connectivity index is 1.80. The van der Waals surface area contributed by atoms with Crippen molar-refractivity contribution < 1.29 is 9.66 Å². The molecule has 0 atom stereocenters. The van der Waals surface area contributed by atoms with Gasteiger partial charge in [-0.15, -0.1) is 0 Å². The number of nitro benzene ring substituents is 1. The molecule has 1 N–H and O–H groups in total. The van der Waals surface area contributed by atoms with Crippen molar-refractivity contribution in [3.05, 3.63) is 63.7 Å². The highest BCUT2D eigenvalue weighted by Gasteiger charge is 2.16. The van der Waals surface area contributed by atoms with E-state index in [-0.39, 0.29) is 5.69 Å². The van der Waals surface area contributed by atoms with Crippen molar-refractivity contribution in [2.75, 3.05) is 12.5 Å². The Morgan fingerprint density at radius 1 is 1.17 bits per heavy atom. The average Bonchev–Trinajstić information content (AvgIpc) is 2.59. The largest absolute Gasteiger partial charge is 0.497 e. The van der Waals surface area contributed by atoms with Crippen LogP contribution in [0.25, 0.3) is 0 Å². The number of hydrogen-bond acceptors (Lipinski definition) is 5. The summed E-state index contributed by atoms with van der Waals surface area (Å²) in [5, 5.41) is 15.1. The Morgan fingerprint density at radius 3 is 2.65 bits per heavy atom. The normalized spacial score (nSPS) is 15.1. The summed E-state index contributed by atoms with van der Waals surface area (Å²) in [6, 6.07) is 12.2. The first-order valence-electron chi connectivity index (χ1n) is 7.41. The topological polar surface area (TPSA) is 76.8 Å². The molecule has 2 aromatic carbocycles. The van der Waals surface area contributed by atoms with Crippen molar-refractivity contribution in [2.45, 2.75) is 19.3 Å². The first-order valence-corrected chi connectivity index (χ1v) is 7.41. The molecule has 1 aliphatic rings. The zero-order valence-corrected chi connectivity index (χ0v) is 12.8. The third kappa shape index (κ3) is 3.31. The summed E-state index contributed by atoms with van der Waals surface area (Å²) in [5.74, 6) is 0.855. The molecule has 0 saturated heterocycles. The van der Waals surface area contributed by atoms with E-state index in [0.717, 1.165) is 42.0 Å².